The van der Waals surface area contributed by atoms with Crippen molar-refractivity contribution in [3.8, 4) is 33.4 Å². The summed E-state index contributed by atoms with van der Waals surface area (Å²) in [5.74, 6) is 0. The highest BCUT2D eigenvalue weighted by Gasteiger charge is 2.18. The molecule has 0 bridgehead atoms. The number of hydrogen-bond donors (Lipinski definition) is 0. The molecule has 0 saturated carbocycles. The lowest BCUT2D eigenvalue weighted by atomic mass is 9.92. The molecule has 6 rings (SSSR count). The minimum atomic E-state index is 1.15. The van der Waals surface area contributed by atoms with Crippen LogP contribution < -0.4 is 0 Å². The third-order valence-electron chi connectivity index (χ3n) is 6.45. The maximum absolute atomic E-state index is 2.35. The van der Waals surface area contributed by atoms with Gasteiger partial charge in [0.2, 0.25) is 0 Å². The number of thiophene rings is 1. The number of hydrogen-bond acceptors (Lipinski definition) is 1. The van der Waals surface area contributed by atoms with Crippen LogP contribution >= 0.6 is 11.3 Å². The van der Waals surface area contributed by atoms with Gasteiger partial charge in [0, 0.05) is 15.0 Å². The van der Waals surface area contributed by atoms with Gasteiger partial charge in [-0.3, -0.25) is 0 Å². The summed E-state index contributed by atoms with van der Waals surface area (Å²) >= 11 is 1.98. The largest absolute Gasteiger partial charge is 0.139 e. The first-order chi connectivity index (χ1) is 15.8. The second kappa shape index (κ2) is 7.93. The minimum absolute atomic E-state index is 1.15. The van der Waals surface area contributed by atoms with Crippen molar-refractivity contribution in [1.29, 1.82) is 0 Å². The number of aryl methyl sites for hydroxylation is 2. The van der Waals surface area contributed by atoms with Gasteiger partial charge >= 0.3 is 0 Å². The van der Waals surface area contributed by atoms with Crippen LogP contribution in [-0.2, 0) is 6.42 Å². The highest BCUT2D eigenvalue weighted by atomic mass is 32.1. The molecule has 1 heteroatoms. The van der Waals surface area contributed by atoms with E-state index in [0.29, 0.717) is 0 Å². The lowest BCUT2D eigenvalue weighted by molar-refractivity contribution is 1.02. The normalized spacial score (nSPS) is 12.8. The molecule has 5 aromatic rings. The van der Waals surface area contributed by atoms with E-state index in [0.717, 1.165) is 12.8 Å². The summed E-state index contributed by atoms with van der Waals surface area (Å²) in [7, 11) is 0. The Balaban J connectivity index is 1.49. The average Bonchev–Trinajstić information content (AvgIpc) is 3.26. The molecule has 0 atom stereocenters. The van der Waals surface area contributed by atoms with E-state index in [1.807, 2.05) is 11.3 Å². The Hall–Kier alpha value is -3.42. The van der Waals surface area contributed by atoms with Crippen molar-refractivity contribution in [2.24, 2.45) is 0 Å². The van der Waals surface area contributed by atoms with E-state index >= 15 is 0 Å². The Bertz CT molecular complexity index is 1470. The lowest BCUT2D eigenvalue weighted by Gasteiger charge is -2.11. The second-order valence-electron chi connectivity index (χ2n) is 8.54. The average molecular weight is 429 g/mol. The molecule has 0 nitrogen and oxygen atoms in total. The first-order valence-electron chi connectivity index (χ1n) is 11.3. The van der Waals surface area contributed by atoms with Crippen molar-refractivity contribution in [3.63, 3.8) is 0 Å². The van der Waals surface area contributed by atoms with Gasteiger partial charge in [-0.25, -0.2) is 0 Å². The van der Waals surface area contributed by atoms with Crippen molar-refractivity contribution >= 4 is 27.5 Å². The molecule has 1 aliphatic rings. The number of rotatable bonds is 3. The molecule has 0 aliphatic heterocycles. The van der Waals surface area contributed by atoms with Gasteiger partial charge in [0.25, 0.3) is 0 Å². The van der Waals surface area contributed by atoms with Gasteiger partial charge in [-0.05, 0) is 76.4 Å². The van der Waals surface area contributed by atoms with Crippen LogP contribution in [-0.4, -0.2) is 0 Å². The Kier molecular flexibility index (Phi) is 4.78. The van der Waals surface area contributed by atoms with Crippen LogP contribution in [0, 0.1) is 6.92 Å². The molecule has 0 spiro atoms. The van der Waals surface area contributed by atoms with Crippen LogP contribution in [0.25, 0.3) is 49.5 Å². The summed E-state index contributed by atoms with van der Waals surface area (Å²) in [5, 5.41) is 1.43. The molecule has 0 saturated heterocycles. The molecule has 0 fully saturated rings. The van der Waals surface area contributed by atoms with Crippen molar-refractivity contribution in [1.82, 2.24) is 0 Å². The van der Waals surface area contributed by atoms with E-state index in [4.69, 9.17) is 0 Å². The Labute approximate surface area is 193 Å². The molecular formula is C31H24S. The molecule has 1 heterocycles. The standard InChI is InChI=1S/C31H24S/c1-21-17-18-27(30-28-15-5-6-16-29(28)32-31(21)30)26-14-8-13-25(20-26)24-12-7-11-23(19-24)22-9-3-2-4-10-22/h2-5,7-15,17-20H,6,16H2,1H3. The Morgan fingerprint density at radius 3 is 2.09 bits per heavy atom. The predicted molar refractivity (Wildman–Crippen MR) is 140 cm³/mol. The second-order valence-corrected chi connectivity index (χ2v) is 9.65. The first-order valence-corrected chi connectivity index (χ1v) is 12.1. The third kappa shape index (κ3) is 3.30. The summed E-state index contributed by atoms with van der Waals surface area (Å²) < 4.78 is 1.44. The highest BCUT2D eigenvalue weighted by Crippen LogP contribution is 2.43. The van der Waals surface area contributed by atoms with E-state index in [1.54, 1.807) is 0 Å². The molecule has 0 amide bonds. The van der Waals surface area contributed by atoms with E-state index in [2.05, 4.69) is 110 Å². The monoisotopic (exact) mass is 428 g/mol. The van der Waals surface area contributed by atoms with Gasteiger partial charge in [-0.15, -0.1) is 11.3 Å². The molecule has 1 aromatic heterocycles. The van der Waals surface area contributed by atoms with Crippen LogP contribution in [0.1, 0.15) is 22.4 Å². The molecular weight excluding hydrogens is 404 g/mol. The molecule has 0 N–H and O–H groups in total. The topological polar surface area (TPSA) is 0 Å². The van der Waals surface area contributed by atoms with Gasteiger partial charge in [-0.2, -0.15) is 0 Å². The zero-order chi connectivity index (χ0) is 21.5. The fraction of sp³-hybridized carbons (Fsp3) is 0.0968. The van der Waals surface area contributed by atoms with E-state index < -0.39 is 0 Å². The molecule has 154 valence electrons. The van der Waals surface area contributed by atoms with Gasteiger partial charge < -0.3 is 0 Å². The third-order valence-corrected chi connectivity index (χ3v) is 7.85. The van der Waals surface area contributed by atoms with Crippen molar-refractivity contribution in [2.75, 3.05) is 0 Å². The summed E-state index contributed by atoms with van der Waals surface area (Å²) in [6, 6.07) is 33.1. The highest BCUT2D eigenvalue weighted by molar-refractivity contribution is 7.19. The van der Waals surface area contributed by atoms with Gasteiger partial charge in [0.15, 0.2) is 0 Å². The van der Waals surface area contributed by atoms with E-state index in [9.17, 15) is 0 Å². The summed E-state index contributed by atoms with van der Waals surface area (Å²) in [6.45, 7) is 2.24. The molecule has 0 unspecified atom stereocenters. The van der Waals surface area contributed by atoms with Crippen LogP contribution in [0.5, 0.6) is 0 Å². The predicted octanol–water partition coefficient (Wildman–Crippen LogP) is 9.17. The number of benzene rings is 4. The van der Waals surface area contributed by atoms with Crippen LogP contribution in [0.4, 0.5) is 0 Å². The van der Waals surface area contributed by atoms with Crippen LogP contribution in [0.2, 0.25) is 0 Å². The van der Waals surface area contributed by atoms with E-state index in [1.165, 1.54) is 59.5 Å². The number of fused-ring (bicyclic) bond motifs is 3. The lowest BCUT2D eigenvalue weighted by Crippen LogP contribution is -1.89. The first kappa shape index (κ1) is 19.3. The van der Waals surface area contributed by atoms with Gasteiger partial charge in [0.05, 0.1) is 0 Å². The Morgan fingerprint density at radius 2 is 1.31 bits per heavy atom. The molecule has 4 aromatic carbocycles. The molecule has 0 radical (unpaired) electrons. The zero-order valence-electron chi connectivity index (χ0n) is 18.1. The summed E-state index contributed by atoms with van der Waals surface area (Å²) in [6.07, 6.45) is 6.98. The van der Waals surface area contributed by atoms with E-state index in [-0.39, 0.29) is 0 Å². The SMILES string of the molecule is Cc1ccc(-c2cccc(-c3cccc(-c4ccccc4)c3)c2)c2c3c(sc12)CCC=C3. The zero-order valence-corrected chi connectivity index (χ0v) is 19.0. The van der Waals surface area contributed by atoms with Crippen molar-refractivity contribution in [2.45, 2.75) is 19.8 Å². The van der Waals surface area contributed by atoms with Crippen molar-refractivity contribution in [3.05, 3.63) is 113 Å². The fourth-order valence-corrected chi connectivity index (χ4v) is 6.09. The van der Waals surface area contributed by atoms with Gasteiger partial charge in [-0.1, -0.05) is 91.0 Å². The molecule has 32 heavy (non-hydrogen) atoms. The molecule has 1 aliphatic carbocycles. The maximum atomic E-state index is 2.35. The smallest absolute Gasteiger partial charge is 0.0387 e. The van der Waals surface area contributed by atoms with Crippen molar-refractivity contribution < 1.29 is 0 Å². The summed E-state index contributed by atoms with van der Waals surface area (Å²) in [4.78, 5) is 1.53. The van der Waals surface area contributed by atoms with Gasteiger partial charge in [0.1, 0.15) is 0 Å². The fourth-order valence-electron chi connectivity index (χ4n) is 4.80. The minimum Gasteiger partial charge on any atom is -0.139 e. The van der Waals surface area contributed by atoms with Crippen LogP contribution in [0.15, 0.2) is 97.1 Å². The number of allylic oxidation sites excluding steroid dienone is 1. The summed E-state index contributed by atoms with van der Waals surface area (Å²) in [5.41, 5.74) is 10.5. The Morgan fingerprint density at radius 1 is 0.656 bits per heavy atom. The maximum Gasteiger partial charge on any atom is 0.0387 e. The van der Waals surface area contributed by atoms with Crippen LogP contribution in [0.3, 0.4) is 0 Å². The quantitative estimate of drug-likeness (QED) is 0.269.